The van der Waals surface area contributed by atoms with Gasteiger partial charge in [-0.25, -0.2) is 0 Å². The first-order chi connectivity index (χ1) is 7.39. The average Bonchev–Trinajstić information content (AvgIpc) is 2.48. The van der Waals surface area contributed by atoms with Crippen molar-refractivity contribution in [1.29, 1.82) is 0 Å². The zero-order valence-electron chi connectivity index (χ0n) is 11.1. The topological polar surface area (TPSA) is 41.5 Å². The van der Waals surface area contributed by atoms with E-state index in [1.54, 1.807) is 0 Å². The summed E-state index contributed by atoms with van der Waals surface area (Å²) in [7, 11) is 0. The average molecular weight is 229 g/mol. The van der Waals surface area contributed by atoms with Gasteiger partial charge in [-0.05, 0) is 39.7 Å². The van der Waals surface area contributed by atoms with E-state index in [0.717, 1.165) is 32.2 Å². The molecule has 3 atom stereocenters. The zero-order valence-corrected chi connectivity index (χ0v) is 11.1. The van der Waals surface area contributed by atoms with Crippen LogP contribution in [-0.2, 0) is 4.74 Å². The number of ether oxygens (including phenoxy) is 1. The third-order valence-corrected chi connectivity index (χ3v) is 3.20. The molecule has 0 aromatic carbocycles. The van der Waals surface area contributed by atoms with Gasteiger partial charge in [0.2, 0.25) is 0 Å². The molecule has 0 aromatic heterocycles. The molecule has 0 spiro atoms. The minimum Gasteiger partial charge on any atom is -0.390 e. The molecular weight excluding hydrogens is 202 g/mol. The Kier molecular flexibility index (Phi) is 5.22. The van der Waals surface area contributed by atoms with Crippen molar-refractivity contribution in [1.82, 2.24) is 5.32 Å². The summed E-state index contributed by atoms with van der Waals surface area (Å²) in [6, 6.07) is 0.485. The molecule has 1 aliphatic rings. The highest BCUT2D eigenvalue weighted by Crippen LogP contribution is 2.27. The maximum absolute atomic E-state index is 10.3. The molecule has 0 aromatic rings. The SMILES string of the molecule is CC(C)NCCC(C)(O)CC1CCC(C)O1. The Morgan fingerprint density at radius 3 is 2.62 bits per heavy atom. The van der Waals surface area contributed by atoms with Crippen molar-refractivity contribution < 1.29 is 9.84 Å². The maximum atomic E-state index is 10.3. The summed E-state index contributed by atoms with van der Waals surface area (Å²) < 4.78 is 5.74. The number of hydrogen-bond acceptors (Lipinski definition) is 3. The van der Waals surface area contributed by atoms with Crippen LogP contribution in [-0.4, -0.2) is 35.5 Å². The van der Waals surface area contributed by atoms with E-state index in [2.05, 4.69) is 26.1 Å². The van der Waals surface area contributed by atoms with Crippen molar-refractivity contribution in [3.05, 3.63) is 0 Å². The molecule has 0 radical (unpaired) electrons. The van der Waals surface area contributed by atoms with Crippen LogP contribution >= 0.6 is 0 Å². The summed E-state index contributed by atoms with van der Waals surface area (Å²) in [5.41, 5.74) is -0.601. The molecule has 3 heteroatoms. The first-order valence-electron chi connectivity index (χ1n) is 6.50. The van der Waals surface area contributed by atoms with Crippen LogP contribution in [0.1, 0.15) is 53.4 Å². The maximum Gasteiger partial charge on any atom is 0.0656 e. The lowest BCUT2D eigenvalue weighted by Gasteiger charge is -2.27. The van der Waals surface area contributed by atoms with Crippen molar-refractivity contribution in [3.63, 3.8) is 0 Å². The van der Waals surface area contributed by atoms with E-state index in [1.165, 1.54) is 0 Å². The van der Waals surface area contributed by atoms with E-state index >= 15 is 0 Å². The minimum absolute atomic E-state index is 0.254. The molecule has 0 saturated carbocycles. The van der Waals surface area contributed by atoms with Gasteiger partial charge in [0.05, 0.1) is 17.8 Å². The van der Waals surface area contributed by atoms with E-state index in [4.69, 9.17) is 4.74 Å². The molecule has 0 aliphatic carbocycles. The Bertz CT molecular complexity index is 204. The van der Waals surface area contributed by atoms with E-state index < -0.39 is 5.60 Å². The fraction of sp³-hybridized carbons (Fsp3) is 1.00. The third-order valence-electron chi connectivity index (χ3n) is 3.20. The highest BCUT2D eigenvalue weighted by molar-refractivity contribution is 4.82. The third kappa shape index (κ3) is 5.28. The van der Waals surface area contributed by atoms with E-state index in [1.807, 2.05) is 6.92 Å². The molecule has 96 valence electrons. The summed E-state index contributed by atoms with van der Waals surface area (Å²) >= 11 is 0. The van der Waals surface area contributed by atoms with Gasteiger partial charge in [0.1, 0.15) is 0 Å². The smallest absolute Gasteiger partial charge is 0.0656 e. The second kappa shape index (κ2) is 5.99. The minimum atomic E-state index is -0.601. The fourth-order valence-electron chi connectivity index (χ4n) is 2.26. The van der Waals surface area contributed by atoms with Crippen LogP contribution in [0, 0.1) is 0 Å². The van der Waals surface area contributed by atoms with Gasteiger partial charge < -0.3 is 15.2 Å². The molecular formula is C13H27NO2. The number of nitrogens with one attached hydrogen (secondary N) is 1. The second-order valence-corrected chi connectivity index (χ2v) is 5.71. The number of rotatable bonds is 6. The Morgan fingerprint density at radius 2 is 2.12 bits per heavy atom. The Balaban J connectivity index is 2.22. The molecule has 2 N–H and O–H groups in total. The van der Waals surface area contributed by atoms with Gasteiger partial charge in [-0.1, -0.05) is 13.8 Å². The van der Waals surface area contributed by atoms with Gasteiger partial charge in [-0.15, -0.1) is 0 Å². The Hall–Kier alpha value is -0.120. The molecule has 0 amide bonds. The van der Waals surface area contributed by atoms with Gasteiger partial charge in [-0.2, -0.15) is 0 Å². The molecule has 1 aliphatic heterocycles. The largest absolute Gasteiger partial charge is 0.390 e. The number of hydrogen-bond donors (Lipinski definition) is 2. The standard InChI is InChI=1S/C13H27NO2/c1-10(2)14-8-7-13(4,15)9-12-6-5-11(3)16-12/h10-12,14-15H,5-9H2,1-4H3. The molecule has 1 fully saturated rings. The lowest BCUT2D eigenvalue weighted by molar-refractivity contribution is -0.0277. The van der Waals surface area contributed by atoms with Crippen molar-refractivity contribution >= 4 is 0 Å². The normalized spacial score (nSPS) is 29.6. The second-order valence-electron chi connectivity index (χ2n) is 5.71. The van der Waals surface area contributed by atoms with Crippen molar-refractivity contribution in [2.24, 2.45) is 0 Å². The van der Waals surface area contributed by atoms with Crippen LogP contribution in [0.15, 0.2) is 0 Å². The Morgan fingerprint density at radius 1 is 1.44 bits per heavy atom. The van der Waals surface area contributed by atoms with Gasteiger partial charge in [-0.3, -0.25) is 0 Å². The van der Waals surface area contributed by atoms with Gasteiger partial charge in [0.25, 0.3) is 0 Å². The van der Waals surface area contributed by atoms with Crippen molar-refractivity contribution in [2.75, 3.05) is 6.54 Å². The van der Waals surface area contributed by atoms with Gasteiger partial charge in [0, 0.05) is 12.5 Å². The molecule has 1 saturated heterocycles. The van der Waals surface area contributed by atoms with Crippen LogP contribution in [0.2, 0.25) is 0 Å². The van der Waals surface area contributed by atoms with E-state index in [0.29, 0.717) is 12.1 Å². The van der Waals surface area contributed by atoms with Crippen LogP contribution in [0.3, 0.4) is 0 Å². The Labute approximate surface area is 99.6 Å². The molecule has 0 bridgehead atoms. The van der Waals surface area contributed by atoms with Crippen molar-refractivity contribution in [2.45, 2.75) is 77.2 Å². The zero-order chi connectivity index (χ0) is 12.2. The summed E-state index contributed by atoms with van der Waals surface area (Å²) in [4.78, 5) is 0. The molecule has 3 nitrogen and oxygen atoms in total. The summed E-state index contributed by atoms with van der Waals surface area (Å²) in [6.45, 7) is 9.14. The van der Waals surface area contributed by atoms with Crippen molar-refractivity contribution in [3.8, 4) is 0 Å². The van der Waals surface area contributed by atoms with E-state index in [-0.39, 0.29) is 6.10 Å². The summed E-state index contributed by atoms with van der Waals surface area (Å²) in [6.07, 6.45) is 4.40. The van der Waals surface area contributed by atoms with E-state index in [9.17, 15) is 5.11 Å². The first-order valence-corrected chi connectivity index (χ1v) is 6.50. The van der Waals surface area contributed by atoms with Crippen LogP contribution in [0.4, 0.5) is 0 Å². The molecule has 3 unspecified atom stereocenters. The van der Waals surface area contributed by atoms with Crippen LogP contribution in [0.25, 0.3) is 0 Å². The monoisotopic (exact) mass is 229 g/mol. The van der Waals surface area contributed by atoms with Gasteiger partial charge >= 0.3 is 0 Å². The lowest BCUT2D eigenvalue weighted by atomic mass is 9.93. The van der Waals surface area contributed by atoms with Gasteiger partial charge in [0.15, 0.2) is 0 Å². The quantitative estimate of drug-likeness (QED) is 0.733. The van der Waals surface area contributed by atoms with Crippen LogP contribution < -0.4 is 5.32 Å². The molecule has 1 heterocycles. The number of aliphatic hydroxyl groups is 1. The highest BCUT2D eigenvalue weighted by Gasteiger charge is 2.30. The molecule has 1 rings (SSSR count). The lowest BCUT2D eigenvalue weighted by Crippen LogP contribution is -2.35. The first kappa shape index (κ1) is 13.9. The highest BCUT2D eigenvalue weighted by atomic mass is 16.5. The fourth-order valence-corrected chi connectivity index (χ4v) is 2.26. The van der Waals surface area contributed by atoms with Crippen LogP contribution in [0.5, 0.6) is 0 Å². The summed E-state index contributed by atoms with van der Waals surface area (Å²) in [5.74, 6) is 0. The predicted octanol–water partition coefficient (Wildman–Crippen LogP) is 2.08. The summed E-state index contributed by atoms with van der Waals surface area (Å²) in [5, 5.41) is 13.6. The predicted molar refractivity (Wildman–Crippen MR) is 66.6 cm³/mol. The molecule has 16 heavy (non-hydrogen) atoms.